The van der Waals surface area contributed by atoms with Crippen LogP contribution in [0, 0.1) is 0 Å². The molecule has 3 nitrogen and oxygen atoms in total. The molecular weight excluding hydrogens is 197 g/mol. The van der Waals surface area contributed by atoms with Gasteiger partial charge in [-0.15, -0.1) is 0 Å². The molecule has 0 saturated carbocycles. The average molecular weight is 212 g/mol. The maximum absolute atomic E-state index is 11.8. The Bertz CT molecular complexity index is 194. The quantitative estimate of drug-likeness (QED) is 0.759. The predicted octanol–water partition coefficient (Wildman–Crippen LogP) is 1.13. The summed E-state index contributed by atoms with van der Waals surface area (Å²) in [6, 6.07) is -0.226. The van der Waals surface area contributed by atoms with Crippen molar-refractivity contribution < 1.29 is 18.0 Å². The number of hydrogen-bond acceptors (Lipinski definition) is 2. The van der Waals surface area contributed by atoms with E-state index in [0.29, 0.717) is 0 Å². The largest absolute Gasteiger partial charge is 0.389 e. The van der Waals surface area contributed by atoms with E-state index in [-0.39, 0.29) is 12.6 Å². The van der Waals surface area contributed by atoms with Gasteiger partial charge in [-0.3, -0.25) is 4.79 Å². The van der Waals surface area contributed by atoms with Crippen LogP contribution in [0.5, 0.6) is 0 Å². The number of alkyl halides is 3. The minimum Gasteiger partial charge on any atom is -0.342 e. The zero-order chi connectivity index (χ0) is 11.4. The SMILES string of the molecule is CC(CN)N(C)C(=O)CCC(F)(F)F. The molecule has 1 atom stereocenters. The first-order chi connectivity index (χ1) is 6.28. The maximum Gasteiger partial charge on any atom is 0.389 e. The highest BCUT2D eigenvalue weighted by Crippen LogP contribution is 2.21. The molecule has 0 saturated heterocycles. The summed E-state index contributed by atoms with van der Waals surface area (Å²) in [7, 11) is 1.45. The highest BCUT2D eigenvalue weighted by atomic mass is 19.4. The monoisotopic (exact) mass is 212 g/mol. The van der Waals surface area contributed by atoms with Crippen LogP contribution in [0.1, 0.15) is 19.8 Å². The van der Waals surface area contributed by atoms with Crippen molar-refractivity contribution in [3.8, 4) is 0 Å². The van der Waals surface area contributed by atoms with E-state index in [1.54, 1.807) is 6.92 Å². The van der Waals surface area contributed by atoms with E-state index in [2.05, 4.69) is 0 Å². The van der Waals surface area contributed by atoms with Crippen LogP contribution >= 0.6 is 0 Å². The smallest absolute Gasteiger partial charge is 0.342 e. The van der Waals surface area contributed by atoms with Gasteiger partial charge in [0.1, 0.15) is 0 Å². The van der Waals surface area contributed by atoms with Gasteiger partial charge in [0, 0.05) is 26.1 Å². The lowest BCUT2D eigenvalue weighted by Crippen LogP contribution is -2.40. The van der Waals surface area contributed by atoms with Crippen LogP contribution < -0.4 is 5.73 Å². The van der Waals surface area contributed by atoms with Crippen molar-refractivity contribution in [3.05, 3.63) is 0 Å². The first-order valence-corrected chi connectivity index (χ1v) is 4.30. The number of halogens is 3. The van der Waals surface area contributed by atoms with E-state index in [9.17, 15) is 18.0 Å². The molecule has 1 unspecified atom stereocenters. The van der Waals surface area contributed by atoms with Gasteiger partial charge in [-0.1, -0.05) is 0 Å². The van der Waals surface area contributed by atoms with Crippen LogP contribution in [0.25, 0.3) is 0 Å². The van der Waals surface area contributed by atoms with Gasteiger partial charge < -0.3 is 10.6 Å². The number of carbonyl (C=O) groups is 1. The Labute approximate surface area is 81.1 Å². The van der Waals surface area contributed by atoms with E-state index in [1.165, 1.54) is 11.9 Å². The number of nitrogens with zero attached hydrogens (tertiary/aromatic N) is 1. The van der Waals surface area contributed by atoms with E-state index in [1.807, 2.05) is 0 Å². The number of rotatable bonds is 4. The highest BCUT2D eigenvalue weighted by molar-refractivity contribution is 5.76. The third kappa shape index (κ3) is 5.06. The first-order valence-electron chi connectivity index (χ1n) is 4.30. The van der Waals surface area contributed by atoms with Gasteiger partial charge in [-0.05, 0) is 6.92 Å². The molecule has 14 heavy (non-hydrogen) atoms. The zero-order valence-electron chi connectivity index (χ0n) is 8.27. The second kappa shape index (κ2) is 5.19. The van der Waals surface area contributed by atoms with Crippen molar-refractivity contribution in [1.29, 1.82) is 0 Å². The molecule has 0 spiro atoms. The van der Waals surface area contributed by atoms with Gasteiger partial charge in [0.15, 0.2) is 0 Å². The fourth-order valence-electron chi connectivity index (χ4n) is 0.829. The third-order valence-corrected chi connectivity index (χ3v) is 2.02. The lowest BCUT2D eigenvalue weighted by molar-refractivity contribution is -0.149. The summed E-state index contributed by atoms with van der Waals surface area (Å²) in [5.41, 5.74) is 5.28. The zero-order valence-corrected chi connectivity index (χ0v) is 8.27. The predicted molar refractivity (Wildman–Crippen MR) is 46.6 cm³/mol. The van der Waals surface area contributed by atoms with E-state index >= 15 is 0 Å². The summed E-state index contributed by atoms with van der Waals surface area (Å²) < 4.78 is 35.3. The molecule has 6 heteroatoms. The third-order valence-electron chi connectivity index (χ3n) is 2.02. The lowest BCUT2D eigenvalue weighted by atomic mass is 10.2. The summed E-state index contributed by atoms with van der Waals surface area (Å²) in [5.74, 6) is -0.528. The molecule has 0 fully saturated rings. The van der Waals surface area contributed by atoms with Gasteiger partial charge in [-0.25, -0.2) is 0 Å². The number of nitrogens with two attached hydrogens (primary N) is 1. The van der Waals surface area contributed by atoms with Crippen molar-refractivity contribution in [2.24, 2.45) is 5.73 Å². The number of carbonyl (C=O) groups excluding carboxylic acids is 1. The van der Waals surface area contributed by atoms with Gasteiger partial charge in [0.25, 0.3) is 0 Å². The maximum atomic E-state index is 11.8. The van der Waals surface area contributed by atoms with Crippen molar-refractivity contribution in [3.63, 3.8) is 0 Å². The van der Waals surface area contributed by atoms with Crippen LogP contribution in [0.4, 0.5) is 13.2 Å². The van der Waals surface area contributed by atoms with Gasteiger partial charge in [0.05, 0.1) is 6.42 Å². The van der Waals surface area contributed by atoms with E-state index in [4.69, 9.17) is 5.73 Å². The molecule has 84 valence electrons. The Hall–Kier alpha value is -0.780. The molecule has 0 heterocycles. The van der Waals surface area contributed by atoms with Crippen LogP contribution in [-0.4, -0.2) is 36.6 Å². The summed E-state index contributed by atoms with van der Waals surface area (Å²) in [6.45, 7) is 1.93. The Morgan fingerprint density at radius 2 is 2.00 bits per heavy atom. The summed E-state index contributed by atoms with van der Waals surface area (Å²) >= 11 is 0. The number of hydrogen-bond donors (Lipinski definition) is 1. The molecule has 0 bridgehead atoms. The number of likely N-dealkylation sites (N-methyl/N-ethyl adjacent to an activating group) is 1. The highest BCUT2D eigenvalue weighted by Gasteiger charge is 2.29. The second-order valence-electron chi connectivity index (χ2n) is 3.20. The topological polar surface area (TPSA) is 46.3 Å². The average Bonchev–Trinajstić information content (AvgIpc) is 2.10. The molecule has 0 rings (SSSR count). The molecule has 2 N–H and O–H groups in total. The minimum absolute atomic E-state index is 0.226. The van der Waals surface area contributed by atoms with E-state index in [0.717, 1.165) is 0 Å². The Balaban J connectivity index is 3.97. The van der Waals surface area contributed by atoms with Crippen molar-refractivity contribution in [2.75, 3.05) is 13.6 Å². The summed E-state index contributed by atoms with van der Waals surface area (Å²) in [5, 5.41) is 0. The fraction of sp³-hybridized carbons (Fsp3) is 0.875. The van der Waals surface area contributed by atoms with Gasteiger partial charge >= 0.3 is 6.18 Å². The second-order valence-corrected chi connectivity index (χ2v) is 3.20. The molecule has 1 amide bonds. The summed E-state index contributed by atoms with van der Waals surface area (Å²) in [6.07, 6.45) is -5.86. The first kappa shape index (κ1) is 13.2. The Morgan fingerprint density at radius 1 is 1.50 bits per heavy atom. The standard InChI is InChI=1S/C8H15F3N2O/c1-6(5-12)13(2)7(14)3-4-8(9,10)11/h6H,3-5,12H2,1-2H3. The van der Waals surface area contributed by atoms with Crippen LogP contribution in [0.15, 0.2) is 0 Å². The molecule has 0 aliphatic carbocycles. The molecule has 0 aromatic heterocycles. The molecule has 0 aromatic rings. The Kier molecular flexibility index (Phi) is 4.90. The lowest BCUT2D eigenvalue weighted by Gasteiger charge is -2.23. The molecular formula is C8H15F3N2O. The fourth-order valence-corrected chi connectivity index (χ4v) is 0.829. The van der Waals surface area contributed by atoms with Crippen molar-refractivity contribution in [1.82, 2.24) is 4.90 Å². The van der Waals surface area contributed by atoms with Crippen LogP contribution in [0.2, 0.25) is 0 Å². The Morgan fingerprint density at radius 3 is 2.36 bits per heavy atom. The van der Waals surface area contributed by atoms with Crippen molar-refractivity contribution in [2.45, 2.75) is 32.0 Å². The number of amides is 1. The van der Waals surface area contributed by atoms with Gasteiger partial charge in [0.2, 0.25) is 5.91 Å². The van der Waals surface area contributed by atoms with Crippen LogP contribution in [-0.2, 0) is 4.79 Å². The normalized spacial score (nSPS) is 13.9. The van der Waals surface area contributed by atoms with E-state index < -0.39 is 24.9 Å². The molecule has 0 radical (unpaired) electrons. The minimum atomic E-state index is -4.28. The molecule has 0 aromatic carbocycles. The molecule has 0 aliphatic rings. The molecule has 0 aliphatic heterocycles. The summed E-state index contributed by atoms with van der Waals surface area (Å²) in [4.78, 5) is 12.4. The van der Waals surface area contributed by atoms with Crippen molar-refractivity contribution >= 4 is 5.91 Å². The van der Waals surface area contributed by atoms with Crippen LogP contribution in [0.3, 0.4) is 0 Å². The van der Waals surface area contributed by atoms with Gasteiger partial charge in [-0.2, -0.15) is 13.2 Å².